The van der Waals surface area contributed by atoms with Crippen molar-refractivity contribution in [3.05, 3.63) is 42.5 Å². The van der Waals surface area contributed by atoms with E-state index in [2.05, 4.69) is 68.3 Å². The van der Waals surface area contributed by atoms with E-state index < -0.39 is 0 Å². The monoisotopic (exact) mass is 256 g/mol. The van der Waals surface area contributed by atoms with E-state index in [0.717, 1.165) is 19.5 Å². The molecular formula is C17H24N2. The minimum Gasteiger partial charge on any atom is -0.374 e. The number of nitrogens with zero attached hydrogens (tertiary/aromatic N) is 1. The van der Waals surface area contributed by atoms with Crippen molar-refractivity contribution in [3.63, 3.8) is 0 Å². The molecule has 0 bridgehead atoms. The second-order valence-corrected chi connectivity index (χ2v) is 6.09. The predicted octanol–water partition coefficient (Wildman–Crippen LogP) is 3.65. The molecule has 0 heterocycles. The molecule has 19 heavy (non-hydrogen) atoms. The van der Waals surface area contributed by atoms with Gasteiger partial charge in [-0.2, -0.15) is 0 Å². The van der Waals surface area contributed by atoms with Crippen molar-refractivity contribution >= 4 is 16.5 Å². The Morgan fingerprint density at radius 1 is 1.05 bits per heavy atom. The van der Waals surface area contributed by atoms with Crippen LogP contribution in [0.3, 0.4) is 0 Å². The molecular weight excluding hydrogens is 232 g/mol. The molecule has 0 atom stereocenters. The topological polar surface area (TPSA) is 29.3 Å². The Morgan fingerprint density at radius 2 is 1.74 bits per heavy atom. The van der Waals surface area contributed by atoms with E-state index in [9.17, 15) is 0 Å². The summed E-state index contributed by atoms with van der Waals surface area (Å²) in [6.45, 7) is 6.32. The Bertz CT molecular complexity index is 546. The molecule has 0 unspecified atom stereocenters. The van der Waals surface area contributed by atoms with E-state index in [1.54, 1.807) is 0 Å². The zero-order valence-corrected chi connectivity index (χ0v) is 12.2. The van der Waals surface area contributed by atoms with Crippen molar-refractivity contribution in [2.24, 2.45) is 11.1 Å². The summed E-state index contributed by atoms with van der Waals surface area (Å²) >= 11 is 0. The molecule has 0 saturated heterocycles. The Kier molecular flexibility index (Phi) is 4.11. The van der Waals surface area contributed by atoms with Gasteiger partial charge in [-0.15, -0.1) is 0 Å². The third-order valence-corrected chi connectivity index (χ3v) is 3.66. The number of benzene rings is 2. The standard InChI is InChI=1S/C17H24N2/c1-17(2,10-11-18)13-19(3)16-9-8-14-6-4-5-7-15(14)12-16/h4-9,12H,10-11,13,18H2,1-3H3. The highest BCUT2D eigenvalue weighted by molar-refractivity contribution is 5.85. The summed E-state index contributed by atoms with van der Waals surface area (Å²) in [5, 5.41) is 2.59. The van der Waals surface area contributed by atoms with Crippen LogP contribution in [-0.4, -0.2) is 20.1 Å². The number of nitrogens with two attached hydrogens (primary N) is 1. The molecule has 0 aliphatic rings. The first-order valence-corrected chi connectivity index (χ1v) is 6.92. The van der Waals surface area contributed by atoms with E-state index in [-0.39, 0.29) is 5.41 Å². The predicted molar refractivity (Wildman–Crippen MR) is 84.7 cm³/mol. The smallest absolute Gasteiger partial charge is 0.0370 e. The lowest BCUT2D eigenvalue weighted by atomic mass is 9.88. The van der Waals surface area contributed by atoms with Gasteiger partial charge in [0.15, 0.2) is 0 Å². The van der Waals surface area contributed by atoms with Gasteiger partial charge >= 0.3 is 0 Å². The summed E-state index contributed by atoms with van der Waals surface area (Å²) in [6, 6.07) is 15.1. The number of rotatable bonds is 5. The Hall–Kier alpha value is -1.54. The van der Waals surface area contributed by atoms with E-state index >= 15 is 0 Å². The maximum absolute atomic E-state index is 5.68. The molecule has 2 aromatic carbocycles. The first-order chi connectivity index (χ1) is 9.02. The molecule has 0 saturated carbocycles. The van der Waals surface area contributed by atoms with Crippen LogP contribution in [0.25, 0.3) is 10.8 Å². The molecule has 2 nitrogen and oxygen atoms in total. The molecule has 102 valence electrons. The number of hydrogen-bond acceptors (Lipinski definition) is 2. The normalized spacial score (nSPS) is 11.8. The second-order valence-electron chi connectivity index (χ2n) is 6.09. The van der Waals surface area contributed by atoms with Crippen LogP contribution >= 0.6 is 0 Å². The maximum Gasteiger partial charge on any atom is 0.0370 e. The SMILES string of the molecule is CN(CC(C)(C)CCN)c1ccc2ccccc2c1. The van der Waals surface area contributed by atoms with Gasteiger partial charge in [0.25, 0.3) is 0 Å². The zero-order chi connectivity index (χ0) is 13.9. The Balaban J connectivity index is 2.19. The van der Waals surface area contributed by atoms with Crippen LogP contribution in [0.4, 0.5) is 5.69 Å². The largest absolute Gasteiger partial charge is 0.374 e. The zero-order valence-electron chi connectivity index (χ0n) is 12.2. The van der Waals surface area contributed by atoms with Gasteiger partial charge in [-0.25, -0.2) is 0 Å². The molecule has 2 heteroatoms. The van der Waals surface area contributed by atoms with E-state index in [0.29, 0.717) is 0 Å². The second kappa shape index (κ2) is 5.62. The van der Waals surface area contributed by atoms with Crippen molar-refractivity contribution in [2.45, 2.75) is 20.3 Å². The summed E-state index contributed by atoms with van der Waals surface area (Å²) < 4.78 is 0. The molecule has 0 fully saturated rings. The van der Waals surface area contributed by atoms with Crippen LogP contribution in [0, 0.1) is 5.41 Å². The van der Waals surface area contributed by atoms with Crippen LogP contribution in [-0.2, 0) is 0 Å². The van der Waals surface area contributed by atoms with E-state index in [4.69, 9.17) is 5.73 Å². The lowest BCUT2D eigenvalue weighted by Gasteiger charge is -2.31. The Labute approximate surface area is 116 Å². The first-order valence-electron chi connectivity index (χ1n) is 6.92. The molecule has 0 amide bonds. The van der Waals surface area contributed by atoms with Crippen LogP contribution in [0.15, 0.2) is 42.5 Å². The van der Waals surface area contributed by atoms with Crippen molar-refractivity contribution in [1.82, 2.24) is 0 Å². The quantitative estimate of drug-likeness (QED) is 0.884. The molecule has 0 radical (unpaired) electrons. The highest BCUT2D eigenvalue weighted by atomic mass is 15.1. The molecule has 2 rings (SSSR count). The fraction of sp³-hybridized carbons (Fsp3) is 0.412. The van der Waals surface area contributed by atoms with E-state index in [1.165, 1.54) is 16.5 Å². The number of anilines is 1. The third kappa shape index (κ3) is 3.48. The molecule has 2 N–H and O–H groups in total. The maximum atomic E-state index is 5.68. The molecule has 0 aromatic heterocycles. The van der Waals surface area contributed by atoms with Gasteiger partial charge in [0.1, 0.15) is 0 Å². The minimum absolute atomic E-state index is 0.245. The van der Waals surface area contributed by atoms with Gasteiger partial charge < -0.3 is 10.6 Å². The first kappa shape index (κ1) is 13.9. The van der Waals surface area contributed by atoms with Crippen molar-refractivity contribution < 1.29 is 0 Å². The number of fused-ring (bicyclic) bond motifs is 1. The van der Waals surface area contributed by atoms with Gasteiger partial charge in [-0.05, 0) is 41.3 Å². The van der Waals surface area contributed by atoms with Gasteiger partial charge in [0, 0.05) is 19.3 Å². The lowest BCUT2D eigenvalue weighted by molar-refractivity contribution is 0.347. The van der Waals surface area contributed by atoms with Crippen LogP contribution in [0.2, 0.25) is 0 Å². The summed E-state index contributed by atoms with van der Waals surface area (Å²) in [6.07, 6.45) is 1.05. The van der Waals surface area contributed by atoms with Crippen LogP contribution in [0.5, 0.6) is 0 Å². The number of hydrogen-bond donors (Lipinski definition) is 1. The molecule has 0 spiro atoms. The van der Waals surface area contributed by atoms with Crippen molar-refractivity contribution in [3.8, 4) is 0 Å². The van der Waals surface area contributed by atoms with E-state index in [1.807, 2.05) is 0 Å². The van der Waals surface area contributed by atoms with Gasteiger partial charge in [-0.1, -0.05) is 44.2 Å². The summed E-state index contributed by atoms with van der Waals surface area (Å²) in [4.78, 5) is 2.32. The lowest BCUT2D eigenvalue weighted by Crippen LogP contribution is -2.32. The molecule has 2 aromatic rings. The van der Waals surface area contributed by atoms with Crippen molar-refractivity contribution in [2.75, 3.05) is 25.0 Å². The van der Waals surface area contributed by atoms with Gasteiger partial charge in [-0.3, -0.25) is 0 Å². The van der Waals surface area contributed by atoms with Crippen LogP contribution < -0.4 is 10.6 Å². The highest BCUT2D eigenvalue weighted by Crippen LogP contribution is 2.26. The average molecular weight is 256 g/mol. The molecule has 0 aliphatic heterocycles. The third-order valence-electron chi connectivity index (χ3n) is 3.66. The fourth-order valence-corrected chi connectivity index (χ4v) is 2.62. The van der Waals surface area contributed by atoms with Crippen molar-refractivity contribution in [1.29, 1.82) is 0 Å². The Morgan fingerprint density at radius 3 is 2.42 bits per heavy atom. The summed E-state index contributed by atoms with van der Waals surface area (Å²) in [5.41, 5.74) is 7.20. The fourth-order valence-electron chi connectivity index (χ4n) is 2.62. The minimum atomic E-state index is 0.245. The van der Waals surface area contributed by atoms with Gasteiger partial charge in [0.05, 0.1) is 0 Å². The van der Waals surface area contributed by atoms with Crippen LogP contribution in [0.1, 0.15) is 20.3 Å². The highest BCUT2D eigenvalue weighted by Gasteiger charge is 2.19. The average Bonchev–Trinajstić information content (AvgIpc) is 2.37. The van der Waals surface area contributed by atoms with Gasteiger partial charge in [0.2, 0.25) is 0 Å². The summed E-state index contributed by atoms with van der Waals surface area (Å²) in [5.74, 6) is 0. The summed E-state index contributed by atoms with van der Waals surface area (Å²) in [7, 11) is 2.16. The molecule has 0 aliphatic carbocycles.